The summed E-state index contributed by atoms with van der Waals surface area (Å²) in [6.07, 6.45) is 0. The Kier molecular flexibility index (Phi) is 3.10. The van der Waals surface area contributed by atoms with Gasteiger partial charge in [-0.15, -0.1) is 0 Å². The monoisotopic (exact) mass is 185 g/mol. The molecule has 0 spiro atoms. The molecule has 0 bridgehead atoms. The summed E-state index contributed by atoms with van der Waals surface area (Å²) in [7, 11) is 0. The van der Waals surface area contributed by atoms with Gasteiger partial charge in [-0.2, -0.15) is 12.6 Å². The maximum atomic E-state index is 9.26. The highest BCUT2D eigenvalue weighted by atomic mass is 32.1. The van der Waals surface area contributed by atoms with Crippen LogP contribution in [0.5, 0.6) is 11.5 Å². The van der Waals surface area contributed by atoms with Crippen molar-refractivity contribution in [2.45, 2.75) is 0 Å². The predicted molar refractivity (Wildman–Crippen MR) is 52.1 cm³/mol. The van der Waals surface area contributed by atoms with E-state index in [1.54, 1.807) is 0 Å². The van der Waals surface area contributed by atoms with Crippen molar-refractivity contribution in [3.8, 4) is 11.5 Å². The van der Waals surface area contributed by atoms with Gasteiger partial charge in [0.2, 0.25) is 0 Å². The molecule has 3 N–H and O–H groups in total. The molecular formula is C8H11NO2S. The number of rotatable bonds is 3. The number of hydrogen-bond donors (Lipinski definition) is 4. The van der Waals surface area contributed by atoms with E-state index in [2.05, 4.69) is 17.9 Å². The molecule has 0 saturated carbocycles. The summed E-state index contributed by atoms with van der Waals surface area (Å²) in [4.78, 5) is 0. The molecule has 0 aliphatic carbocycles. The second-order valence-corrected chi connectivity index (χ2v) is 2.80. The first-order chi connectivity index (χ1) is 5.74. The maximum Gasteiger partial charge on any atom is 0.138 e. The molecule has 0 aliphatic heterocycles. The molecule has 66 valence electrons. The van der Waals surface area contributed by atoms with Gasteiger partial charge in [-0.3, -0.25) is 0 Å². The van der Waals surface area contributed by atoms with Crippen molar-refractivity contribution in [1.82, 2.24) is 0 Å². The average Bonchev–Trinajstić information content (AvgIpc) is 2.07. The fourth-order valence-electron chi connectivity index (χ4n) is 0.856. The summed E-state index contributed by atoms with van der Waals surface area (Å²) in [5, 5.41) is 21.2. The van der Waals surface area contributed by atoms with Crippen molar-refractivity contribution in [3.63, 3.8) is 0 Å². The van der Waals surface area contributed by atoms with Crippen LogP contribution in [0, 0.1) is 0 Å². The number of thiol groups is 1. The molecule has 0 radical (unpaired) electrons. The molecule has 0 saturated heterocycles. The zero-order valence-electron chi connectivity index (χ0n) is 6.49. The molecule has 4 heteroatoms. The summed E-state index contributed by atoms with van der Waals surface area (Å²) in [5.41, 5.74) is 0.532. The first-order valence-corrected chi connectivity index (χ1v) is 4.24. The summed E-state index contributed by atoms with van der Waals surface area (Å²) >= 11 is 4.00. The third-order valence-electron chi connectivity index (χ3n) is 1.41. The van der Waals surface area contributed by atoms with Gasteiger partial charge in [0.05, 0.1) is 5.69 Å². The van der Waals surface area contributed by atoms with Crippen LogP contribution in [0.3, 0.4) is 0 Å². The summed E-state index contributed by atoms with van der Waals surface area (Å²) in [5.74, 6) is 0.943. The van der Waals surface area contributed by atoms with E-state index in [1.165, 1.54) is 18.2 Å². The summed E-state index contributed by atoms with van der Waals surface area (Å²) in [6.45, 7) is 0.653. The second kappa shape index (κ2) is 4.11. The highest BCUT2D eigenvalue weighted by Crippen LogP contribution is 2.26. The zero-order valence-corrected chi connectivity index (χ0v) is 7.38. The molecule has 3 nitrogen and oxygen atoms in total. The number of anilines is 1. The fraction of sp³-hybridized carbons (Fsp3) is 0.250. The maximum absolute atomic E-state index is 9.26. The van der Waals surface area contributed by atoms with Crippen LogP contribution < -0.4 is 5.32 Å². The van der Waals surface area contributed by atoms with E-state index < -0.39 is 0 Å². The van der Waals surface area contributed by atoms with E-state index in [4.69, 9.17) is 5.11 Å². The minimum atomic E-state index is 0.134. The Morgan fingerprint density at radius 1 is 1.33 bits per heavy atom. The van der Waals surface area contributed by atoms with Crippen molar-refractivity contribution < 1.29 is 10.2 Å². The number of phenolic OH excluding ortho intramolecular Hbond substituents is 2. The minimum Gasteiger partial charge on any atom is -0.508 e. The van der Waals surface area contributed by atoms with Crippen molar-refractivity contribution in [2.24, 2.45) is 0 Å². The summed E-state index contributed by atoms with van der Waals surface area (Å²) < 4.78 is 0. The Labute approximate surface area is 76.5 Å². The molecule has 0 atom stereocenters. The van der Waals surface area contributed by atoms with E-state index in [1.807, 2.05) is 0 Å². The van der Waals surface area contributed by atoms with Crippen LogP contribution in [0.2, 0.25) is 0 Å². The first kappa shape index (κ1) is 9.06. The van der Waals surface area contributed by atoms with Crippen molar-refractivity contribution in [3.05, 3.63) is 18.2 Å². The third-order valence-corrected chi connectivity index (χ3v) is 1.63. The van der Waals surface area contributed by atoms with Crippen LogP contribution >= 0.6 is 12.6 Å². The lowest BCUT2D eigenvalue weighted by atomic mass is 10.3. The average molecular weight is 185 g/mol. The van der Waals surface area contributed by atoms with E-state index in [0.29, 0.717) is 18.0 Å². The molecule has 0 heterocycles. The molecule has 0 aromatic heterocycles. The normalized spacial score (nSPS) is 9.75. The van der Waals surface area contributed by atoms with Gasteiger partial charge in [0.25, 0.3) is 0 Å². The summed E-state index contributed by atoms with van der Waals surface area (Å²) in [6, 6.07) is 4.34. The van der Waals surface area contributed by atoms with E-state index in [9.17, 15) is 5.11 Å². The van der Waals surface area contributed by atoms with Crippen LogP contribution in [-0.4, -0.2) is 22.5 Å². The largest absolute Gasteiger partial charge is 0.508 e. The molecular weight excluding hydrogens is 174 g/mol. The van der Waals surface area contributed by atoms with Gasteiger partial charge in [-0.05, 0) is 12.1 Å². The lowest BCUT2D eigenvalue weighted by Gasteiger charge is -2.06. The topological polar surface area (TPSA) is 52.5 Å². The van der Waals surface area contributed by atoms with Crippen LogP contribution in [0.25, 0.3) is 0 Å². The van der Waals surface area contributed by atoms with Gasteiger partial charge in [0.1, 0.15) is 11.5 Å². The van der Waals surface area contributed by atoms with Crippen LogP contribution in [0.4, 0.5) is 5.69 Å². The third kappa shape index (κ3) is 2.23. The molecule has 0 unspecified atom stereocenters. The Hall–Kier alpha value is -1.03. The molecule has 0 aliphatic rings. The van der Waals surface area contributed by atoms with E-state index >= 15 is 0 Å². The van der Waals surface area contributed by atoms with Crippen molar-refractivity contribution >= 4 is 18.3 Å². The number of aromatic hydroxyl groups is 2. The smallest absolute Gasteiger partial charge is 0.138 e. The second-order valence-electron chi connectivity index (χ2n) is 2.35. The van der Waals surface area contributed by atoms with Crippen molar-refractivity contribution in [1.29, 1.82) is 0 Å². The first-order valence-electron chi connectivity index (χ1n) is 3.61. The standard InChI is InChI=1S/C8H11NO2S/c10-6-1-2-8(11)7(5-6)9-3-4-12/h1-2,5,9-12H,3-4H2. The molecule has 0 amide bonds. The quantitative estimate of drug-likeness (QED) is 0.327. The Balaban J connectivity index is 2.75. The van der Waals surface area contributed by atoms with Gasteiger partial charge in [-0.1, -0.05) is 0 Å². The zero-order chi connectivity index (χ0) is 8.97. The molecule has 1 aromatic rings. The molecule has 0 fully saturated rings. The van der Waals surface area contributed by atoms with Crippen LogP contribution in [0.15, 0.2) is 18.2 Å². The van der Waals surface area contributed by atoms with Gasteiger partial charge in [-0.25, -0.2) is 0 Å². The lowest BCUT2D eigenvalue weighted by molar-refractivity contribution is 0.462. The van der Waals surface area contributed by atoms with Crippen LogP contribution in [0.1, 0.15) is 0 Å². The van der Waals surface area contributed by atoms with Gasteiger partial charge < -0.3 is 15.5 Å². The number of nitrogens with one attached hydrogen (secondary N) is 1. The lowest BCUT2D eigenvalue weighted by Crippen LogP contribution is -2.02. The van der Waals surface area contributed by atoms with E-state index in [-0.39, 0.29) is 11.5 Å². The highest BCUT2D eigenvalue weighted by Gasteiger charge is 1.99. The van der Waals surface area contributed by atoms with Crippen molar-refractivity contribution in [2.75, 3.05) is 17.6 Å². The molecule has 1 aromatic carbocycles. The van der Waals surface area contributed by atoms with Crippen LogP contribution in [-0.2, 0) is 0 Å². The van der Waals surface area contributed by atoms with E-state index in [0.717, 1.165) is 0 Å². The predicted octanol–water partition coefficient (Wildman–Crippen LogP) is 1.44. The van der Waals surface area contributed by atoms with Gasteiger partial charge in [0.15, 0.2) is 0 Å². The molecule has 1 rings (SSSR count). The minimum absolute atomic E-state index is 0.134. The molecule has 12 heavy (non-hydrogen) atoms. The fourth-order valence-corrected chi connectivity index (χ4v) is 0.968. The van der Waals surface area contributed by atoms with Gasteiger partial charge in [0, 0.05) is 18.4 Å². The highest BCUT2D eigenvalue weighted by molar-refractivity contribution is 7.80. The number of phenols is 2. The Morgan fingerprint density at radius 3 is 2.75 bits per heavy atom. The van der Waals surface area contributed by atoms with Gasteiger partial charge >= 0.3 is 0 Å². The Morgan fingerprint density at radius 2 is 2.08 bits per heavy atom. The number of hydrogen-bond acceptors (Lipinski definition) is 4. The Bertz CT molecular complexity index is 265. The number of benzene rings is 1. The SMILES string of the molecule is Oc1ccc(O)c(NCCS)c1.